The lowest BCUT2D eigenvalue weighted by Crippen LogP contribution is -2.11. The lowest BCUT2D eigenvalue weighted by molar-refractivity contribution is 0.187. The van der Waals surface area contributed by atoms with Gasteiger partial charge in [-0.15, -0.1) is 0 Å². The molecule has 0 amide bonds. The lowest BCUT2D eigenvalue weighted by atomic mass is 10.1. The summed E-state index contributed by atoms with van der Waals surface area (Å²) in [5.41, 5.74) is 6.58. The van der Waals surface area contributed by atoms with Crippen molar-refractivity contribution in [1.82, 2.24) is 4.98 Å². The quantitative estimate of drug-likeness (QED) is 0.708. The first-order valence-corrected chi connectivity index (χ1v) is 4.70. The Labute approximate surface area is 89.5 Å². The van der Waals surface area contributed by atoms with Crippen LogP contribution in [-0.4, -0.2) is 16.6 Å². The SMILES string of the molecule is NCC(O)c1cc(Cl)c2[nH]c(=O)oc2c1. The molecule has 0 saturated carbocycles. The summed E-state index contributed by atoms with van der Waals surface area (Å²) >= 11 is 5.89. The molecule has 0 fully saturated rings. The third-order valence-corrected chi connectivity index (χ3v) is 2.41. The average molecular weight is 229 g/mol. The molecule has 2 aromatic rings. The number of oxazole rings is 1. The number of nitrogens with two attached hydrogens (primary N) is 1. The van der Waals surface area contributed by atoms with E-state index in [0.717, 1.165) is 0 Å². The zero-order valence-corrected chi connectivity index (χ0v) is 8.41. The smallest absolute Gasteiger partial charge is 0.408 e. The second kappa shape index (κ2) is 3.69. The van der Waals surface area contributed by atoms with Crippen LogP contribution in [0.1, 0.15) is 11.7 Å². The number of rotatable bonds is 2. The fraction of sp³-hybridized carbons (Fsp3) is 0.222. The van der Waals surface area contributed by atoms with E-state index in [0.29, 0.717) is 21.7 Å². The molecule has 1 aromatic carbocycles. The number of nitrogens with one attached hydrogen (secondary N) is 1. The van der Waals surface area contributed by atoms with Gasteiger partial charge in [-0.25, -0.2) is 4.79 Å². The Morgan fingerprint density at radius 1 is 1.60 bits per heavy atom. The fourth-order valence-corrected chi connectivity index (χ4v) is 1.63. The van der Waals surface area contributed by atoms with Crippen LogP contribution in [0.5, 0.6) is 0 Å². The van der Waals surface area contributed by atoms with Crippen LogP contribution in [0.2, 0.25) is 5.02 Å². The molecule has 0 saturated heterocycles. The van der Waals surface area contributed by atoms with E-state index >= 15 is 0 Å². The maximum atomic E-state index is 10.9. The highest BCUT2D eigenvalue weighted by Crippen LogP contribution is 2.25. The molecule has 1 aromatic heterocycles. The van der Waals surface area contributed by atoms with Gasteiger partial charge in [0.1, 0.15) is 5.52 Å². The Hall–Kier alpha value is -1.30. The van der Waals surface area contributed by atoms with Crippen LogP contribution in [0.3, 0.4) is 0 Å². The van der Waals surface area contributed by atoms with E-state index in [1.165, 1.54) is 6.07 Å². The van der Waals surface area contributed by atoms with E-state index in [9.17, 15) is 9.90 Å². The van der Waals surface area contributed by atoms with Crippen molar-refractivity contribution in [2.75, 3.05) is 6.54 Å². The first kappa shape index (κ1) is 10.2. The number of hydrogen-bond donors (Lipinski definition) is 3. The molecule has 0 aliphatic heterocycles. The van der Waals surface area contributed by atoms with E-state index in [1.807, 2.05) is 0 Å². The summed E-state index contributed by atoms with van der Waals surface area (Å²) < 4.78 is 4.84. The zero-order valence-electron chi connectivity index (χ0n) is 7.66. The summed E-state index contributed by atoms with van der Waals surface area (Å²) in [6.45, 7) is 0.0799. The van der Waals surface area contributed by atoms with Crippen LogP contribution >= 0.6 is 11.6 Å². The molecular weight excluding hydrogens is 220 g/mol. The van der Waals surface area contributed by atoms with Gasteiger partial charge in [-0.3, -0.25) is 4.98 Å². The molecule has 0 aliphatic rings. The maximum Gasteiger partial charge on any atom is 0.417 e. The molecule has 0 spiro atoms. The number of aliphatic hydroxyl groups is 1. The van der Waals surface area contributed by atoms with Crippen molar-refractivity contribution in [3.05, 3.63) is 33.3 Å². The second-order valence-electron chi connectivity index (χ2n) is 3.14. The Balaban J connectivity index is 2.66. The van der Waals surface area contributed by atoms with Crippen molar-refractivity contribution in [3.63, 3.8) is 0 Å². The predicted octanol–water partition coefficient (Wildman–Crippen LogP) is 0.767. The molecule has 0 aliphatic carbocycles. The van der Waals surface area contributed by atoms with Crippen molar-refractivity contribution in [1.29, 1.82) is 0 Å². The van der Waals surface area contributed by atoms with Gasteiger partial charge < -0.3 is 15.3 Å². The highest BCUT2D eigenvalue weighted by Gasteiger charge is 2.12. The molecular formula is C9H9ClN2O3. The van der Waals surface area contributed by atoms with E-state index in [1.54, 1.807) is 6.07 Å². The minimum Gasteiger partial charge on any atom is -0.408 e. The molecule has 0 bridgehead atoms. The molecule has 1 unspecified atom stereocenters. The summed E-state index contributed by atoms with van der Waals surface area (Å²) in [5.74, 6) is -0.578. The Morgan fingerprint density at radius 2 is 2.33 bits per heavy atom. The molecule has 5 nitrogen and oxygen atoms in total. The van der Waals surface area contributed by atoms with Crippen molar-refractivity contribution in [2.45, 2.75) is 6.10 Å². The van der Waals surface area contributed by atoms with Crippen LogP contribution in [-0.2, 0) is 0 Å². The van der Waals surface area contributed by atoms with Crippen LogP contribution in [0.15, 0.2) is 21.3 Å². The van der Waals surface area contributed by atoms with Crippen molar-refractivity contribution in [3.8, 4) is 0 Å². The lowest BCUT2D eigenvalue weighted by Gasteiger charge is -2.07. The molecule has 1 atom stereocenters. The minimum atomic E-state index is -0.813. The predicted molar refractivity (Wildman–Crippen MR) is 55.9 cm³/mol. The largest absolute Gasteiger partial charge is 0.417 e. The maximum absolute atomic E-state index is 10.9. The van der Waals surface area contributed by atoms with Gasteiger partial charge in [-0.1, -0.05) is 11.6 Å². The second-order valence-corrected chi connectivity index (χ2v) is 3.55. The van der Waals surface area contributed by atoms with Gasteiger partial charge in [0.25, 0.3) is 0 Å². The molecule has 15 heavy (non-hydrogen) atoms. The summed E-state index contributed by atoms with van der Waals surface area (Å²) in [7, 11) is 0. The molecule has 6 heteroatoms. The normalized spacial score (nSPS) is 13.3. The van der Waals surface area contributed by atoms with Gasteiger partial charge >= 0.3 is 5.76 Å². The summed E-state index contributed by atoms with van der Waals surface area (Å²) in [4.78, 5) is 13.4. The first-order chi connectivity index (χ1) is 7.11. The van der Waals surface area contributed by atoms with Crippen molar-refractivity contribution in [2.24, 2.45) is 5.73 Å². The topological polar surface area (TPSA) is 92.2 Å². The third kappa shape index (κ3) is 1.77. The van der Waals surface area contributed by atoms with E-state index in [2.05, 4.69) is 4.98 Å². The monoisotopic (exact) mass is 228 g/mol. The number of H-pyrrole nitrogens is 1. The van der Waals surface area contributed by atoms with Crippen molar-refractivity contribution < 1.29 is 9.52 Å². The van der Waals surface area contributed by atoms with Crippen LogP contribution < -0.4 is 11.5 Å². The van der Waals surface area contributed by atoms with Gasteiger partial charge in [0, 0.05) is 6.54 Å². The van der Waals surface area contributed by atoms with Crippen molar-refractivity contribution >= 4 is 22.7 Å². The van der Waals surface area contributed by atoms with Crippen LogP contribution in [0.25, 0.3) is 11.1 Å². The van der Waals surface area contributed by atoms with E-state index < -0.39 is 11.9 Å². The van der Waals surface area contributed by atoms with Gasteiger partial charge in [0.2, 0.25) is 0 Å². The summed E-state index contributed by atoms with van der Waals surface area (Å²) in [5, 5.41) is 9.83. The summed E-state index contributed by atoms with van der Waals surface area (Å²) in [6, 6.07) is 3.09. The molecule has 4 N–H and O–H groups in total. The van der Waals surface area contributed by atoms with Gasteiger partial charge in [0.05, 0.1) is 11.1 Å². The number of aliphatic hydroxyl groups excluding tert-OH is 1. The number of benzene rings is 1. The number of halogens is 1. The van der Waals surface area contributed by atoms with Crippen LogP contribution in [0.4, 0.5) is 0 Å². The molecule has 80 valence electrons. The third-order valence-electron chi connectivity index (χ3n) is 2.11. The Morgan fingerprint density at radius 3 is 3.00 bits per heavy atom. The van der Waals surface area contributed by atoms with E-state index in [-0.39, 0.29) is 6.54 Å². The van der Waals surface area contributed by atoms with Gasteiger partial charge in [-0.05, 0) is 17.7 Å². The van der Waals surface area contributed by atoms with E-state index in [4.69, 9.17) is 21.8 Å². The van der Waals surface area contributed by atoms with Gasteiger partial charge in [-0.2, -0.15) is 0 Å². The molecule has 1 heterocycles. The highest BCUT2D eigenvalue weighted by molar-refractivity contribution is 6.34. The highest BCUT2D eigenvalue weighted by atomic mass is 35.5. The van der Waals surface area contributed by atoms with Gasteiger partial charge in [0.15, 0.2) is 5.58 Å². The summed E-state index contributed by atoms with van der Waals surface area (Å²) in [6.07, 6.45) is -0.813. The standard InChI is InChI=1S/C9H9ClN2O3/c10-5-1-4(6(13)3-11)2-7-8(5)12-9(14)15-7/h1-2,6,13H,3,11H2,(H,12,14). The Kier molecular flexibility index (Phi) is 2.52. The average Bonchev–Trinajstić information content (AvgIpc) is 2.58. The number of aromatic amines is 1. The number of hydrogen-bond acceptors (Lipinski definition) is 4. The number of fused-ring (bicyclic) bond motifs is 1. The minimum absolute atomic E-state index is 0.0799. The molecule has 2 rings (SSSR count). The van der Waals surface area contributed by atoms with Crippen LogP contribution in [0, 0.1) is 0 Å². The Bertz CT molecular complexity index is 546. The first-order valence-electron chi connectivity index (χ1n) is 4.32. The fourth-order valence-electron chi connectivity index (χ4n) is 1.36. The molecule has 0 radical (unpaired) electrons. The number of aromatic nitrogens is 1. The zero-order chi connectivity index (χ0) is 11.0.